The number of benzene rings is 2. The van der Waals surface area contributed by atoms with Gasteiger partial charge in [-0.05, 0) is 53.8 Å². The summed E-state index contributed by atoms with van der Waals surface area (Å²) in [5, 5.41) is 0. The summed E-state index contributed by atoms with van der Waals surface area (Å²) in [6, 6.07) is 4.47. The van der Waals surface area contributed by atoms with E-state index in [1.165, 1.54) is 6.92 Å². The molecule has 2 aromatic rings. The Morgan fingerprint density at radius 3 is 1.62 bits per heavy atom. The van der Waals surface area contributed by atoms with E-state index in [0.29, 0.717) is 24.3 Å². The Morgan fingerprint density at radius 2 is 1.25 bits per heavy atom. The van der Waals surface area contributed by atoms with Crippen molar-refractivity contribution < 1.29 is 52.7 Å². The Bertz CT molecular complexity index is 964. The maximum atomic E-state index is 15.2. The van der Waals surface area contributed by atoms with Crippen LogP contribution >= 0.6 is 0 Å². The summed E-state index contributed by atoms with van der Waals surface area (Å²) in [5.74, 6) is -6.92. The maximum Gasteiger partial charge on any atom is 0.457 e. The van der Waals surface area contributed by atoms with Gasteiger partial charge >= 0.3 is 30.1 Å². The third-order valence-corrected chi connectivity index (χ3v) is 4.68. The van der Waals surface area contributed by atoms with Crippen molar-refractivity contribution in [1.82, 2.24) is 0 Å². The molecule has 0 aliphatic carbocycles. The SMILES string of the molecule is CCc1[c]c(C)cc(C(F)(C(F)(F)F)C(F)(F)C(F)(F)F)c1-c1ccc(C(F)(F)F)cc1. The Balaban J connectivity index is 2.99. The van der Waals surface area contributed by atoms with E-state index in [1.54, 1.807) is 0 Å². The van der Waals surface area contributed by atoms with Gasteiger partial charge in [0.05, 0.1) is 5.56 Å². The lowest BCUT2D eigenvalue weighted by atomic mass is 9.79. The summed E-state index contributed by atoms with van der Waals surface area (Å²) < 4.78 is 161. The molecule has 12 heteroatoms. The normalized spacial score (nSPS) is 15.6. The van der Waals surface area contributed by atoms with Crippen molar-refractivity contribution in [3.63, 3.8) is 0 Å². The minimum atomic E-state index is -6.94. The third kappa shape index (κ3) is 4.15. The first-order valence-electron chi connectivity index (χ1n) is 8.73. The molecule has 1 atom stereocenters. The Morgan fingerprint density at radius 1 is 0.750 bits per heavy atom. The molecule has 32 heavy (non-hydrogen) atoms. The van der Waals surface area contributed by atoms with Crippen LogP contribution in [-0.4, -0.2) is 18.3 Å². The topological polar surface area (TPSA) is 0 Å². The highest BCUT2D eigenvalue weighted by Gasteiger charge is 2.82. The second-order valence-corrected chi connectivity index (χ2v) is 6.88. The van der Waals surface area contributed by atoms with E-state index in [4.69, 9.17) is 0 Å². The van der Waals surface area contributed by atoms with E-state index in [2.05, 4.69) is 6.07 Å². The molecule has 177 valence electrons. The van der Waals surface area contributed by atoms with Gasteiger partial charge in [-0.3, -0.25) is 0 Å². The summed E-state index contributed by atoms with van der Waals surface area (Å²) >= 11 is 0. The van der Waals surface area contributed by atoms with Crippen LogP contribution in [0.5, 0.6) is 0 Å². The minimum absolute atomic E-state index is 0.138. The first-order chi connectivity index (χ1) is 14.3. The van der Waals surface area contributed by atoms with Crippen molar-refractivity contribution in [2.75, 3.05) is 0 Å². The average molecular weight is 481 g/mol. The second-order valence-electron chi connectivity index (χ2n) is 6.88. The van der Waals surface area contributed by atoms with Crippen LogP contribution in [0.3, 0.4) is 0 Å². The smallest absolute Gasteiger partial charge is 0.221 e. The molecule has 0 fully saturated rings. The maximum absolute atomic E-state index is 15.2. The fourth-order valence-electron chi connectivity index (χ4n) is 3.18. The highest BCUT2D eigenvalue weighted by atomic mass is 19.4. The fraction of sp³-hybridized carbons (Fsp3) is 0.400. The van der Waals surface area contributed by atoms with Gasteiger partial charge in [-0.2, -0.15) is 48.3 Å². The van der Waals surface area contributed by atoms with E-state index >= 15 is 4.39 Å². The van der Waals surface area contributed by atoms with E-state index in [0.717, 1.165) is 6.92 Å². The second kappa shape index (κ2) is 7.87. The van der Waals surface area contributed by atoms with Crippen LogP contribution in [0.15, 0.2) is 30.3 Å². The van der Waals surface area contributed by atoms with Gasteiger partial charge in [0.1, 0.15) is 0 Å². The lowest BCUT2D eigenvalue weighted by molar-refractivity contribution is -0.389. The molecule has 2 rings (SSSR count). The summed E-state index contributed by atoms with van der Waals surface area (Å²) in [4.78, 5) is 0. The molecule has 0 nitrogen and oxygen atoms in total. The molecule has 0 N–H and O–H groups in total. The van der Waals surface area contributed by atoms with Crippen molar-refractivity contribution in [2.45, 2.75) is 50.4 Å². The molecule has 2 aromatic carbocycles. The highest BCUT2D eigenvalue weighted by Crippen LogP contribution is 2.60. The van der Waals surface area contributed by atoms with Crippen LogP contribution in [-0.2, 0) is 18.3 Å². The molecular weight excluding hydrogens is 468 g/mol. The van der Waals surface area contributed by atoms with Crippen LogP contribution in [0.25, 0.3) is 11.1 Å². The number of rotatable bonds is 4. The average Bonchev–Trinajstić information content (AvgIpc) is 2.64. The number of aryl methyl sites for hydroxylation is 2. The molecule has 0 spiro atoms. The largest absolute Gasteiger partial charge is 0.457 e. The Hall–Kier alpha value is -2.40. The highest BCUT2D eigenvalue weighted by molar-refractivity contribution is 5.73. The van der Waals surface area contributed by atoms with E-state index in [1.807, 2.05) is 0 Å². The summed E-state index contributed by atoms with van der Waals surface area (Å²) in [6.07, 6.45) is -18.8. The molecular formula is C20H13F12. The van der Waals surface area contributed by atoms with Crippen LogP contribution < -0.4 is 0 Å². The predicted molar refractivity (Wildman–Crippen MR) is 89.7 cm³/mol. The molecule has 0 aromatic heterocycles. The number of hydrogen-bond donors (Lipinski definition) is 0. The van der Waals surface area contributed by atoms with Gasteiger partial charge in [0.25, 0.3) is 0 Å². The van der Waals surface area contributed by atoms with Crippen LogP contribution in [0.2, 0.25) is 0 Å². The standard InChI is InChI=1S/C20H13F12/c1-3-11-8-10(2)9-14(15(11)12-4-6-13(7-5-12)17(22,23)24)16(21,19(27,28)29)18(25,26)20(30,31)32/h4-7,9H,3H2,1-2H3. The van der Waals surface area contributed by atoms with Gasteiger partial charge in [-0.25, -0.2) is 4.39 Å². The monoisotopic (exact) mass is 481 g/mol. The number of halogens is 12. The zero-order chi connectivity index (χ0) is 24.9. The summed E-state index contributed by atoms with van der Waals surface area (Å²) in [7, 11) is 0. The van der Waals surface area contributed by atoms with Crippen molar-refractivity contribution in [3.05, 3.63) is 58.7 Å². The summed E-state index contributed by atoms with van der Waals surface area (Å²) in [5.41, 5.74) is -12.0. The van der Waals surface area contributed by atoms with Gasteiger partial charge in [0.15, 0.2) is 0 Å². The summed E-state index contributed by atoms with van der Waals surface area (Å²) in [6.45, 7) is 2.28. The van der Waals surface area contributed by atoms with Crippen LogP contribution in [0.1, 0.15) is 29.2 Å². The molecule has 0 amide bonds. The third-order valence-electron chi connectivity index (χ3n) is 4.68. The van der Waals surface area contributed by atoms with Gasteiger partial charge < -0.3 is 0 Å². The van der Waals surface area contributed by atoms with Crippen LogP contribution in [0.4, 0.5) is 52.7 Å². The molecule has 0 bridgehead atoms. The molecule has 1 unspecified atom stereocenters. The minimum Gasteiger partial charge on any atom is -0.221 e. The van der Waals surface area contributed by atoms with Gasteiger partial charge in [0, 0.05) is 5.56 Å². The van der Waals surface area contributed by atoms with Gasteiger partial charge in [-0.1, -0.05) is 25.1 Å². The van der Waals surface area contributed by atoms with Crippen LogP contribution in [0, 0.1) is 13.0 Å². The molecule has 0 aliphatic heterocycles. The number of hydrogen-bond acceptors (Lipinski definition) is 0. The lowest BCUT2D eigenvalue weighted by Gasteiger charge is -2.37. The van der Waals surface area contributed by atoms with Crippen molar-refractivity contribution in [3.8, 4) is 11.1 Å². The molecule has 0 aliphatic rings. The van der Waals surface area contributed by atoms with E-state index in [-0.39, 0.29) is 23.6 Å². The first kappa shape index (κ1) is 25.9. The van der Waals surface area contributed by atoms with E-state index < -0.39 is 52.4 Å². The Labute approximate surface area is 173 Å². The van der Waals surface area contributed by atoms with Gasteiger partial charge in [-0.15, -0.1) is 0 Å². The van der Waals surface area contributed by atoms with Crippen molar-refractivity contribution >= 4 is 0 Å². The fourth-order valence-corrected chi connectivity index (χ4v) is 3.18. The Kier molecular flexibility index (Phi) is 6.36. The lowest BCUT2D eigenvalue weighted by Crippen LogP contribution is -2.60. The van der Waals surface area contributed by atoms with Crippen molar-refractivity contribution in [1.29, 1.82) is 0 Å². The van der Waals surface area contributed by atoms with Crippen molar-refractivity contribution in [2.24, 2.45) is 0 Å². The molecule has 0 saturated carbocycles. The number of alkyl halides is 12. The van der Waals surface area contributed by atoms with E-state index in [9.17, 15) is 48.3 Å². The predicted octanol–water partition coefficient (Wildman–Crippen LogP) is 7.97. The molecule has 0 heterocycles. The quantitative estimate of drug-likeness (QED) is 0.389. The molecule has 1 radical (unpaired) electrons. The first-order valence-corrected chi connectivity index (χ1v) is 8.73. The molecule has 0 saturated heterocycles. The zero-order valence-corrected chi connectivity index (χ0v) is 16.1. The zero-order valence-electron chi connectivity index (χ0n) is 16.1. The van der Waals surface area contributed by atoms with Gasteiger partial charge in [0.2, 0.25) is 0 Å².